The van der Waals surface area contributed by atoms with Gasteiger partial charge in [-0.2, -0.15) is 0 Å². The van der Waals surface area contributed by atoms with Crippen molar-refractivity contribution >= 4 is 5.97 Å². The van der Waals surface area contributed by atoms with Crippen LogP contribution < -0.4 is 4.74 Å². The van der Waals surface area contributed by atoms with Crippen molar-refractivity contribution < 1.29 is 18.7 Å². The van der Waals surface area contributed by atoms with Crippen molar-refractivity contribution in [2.75, 3.05) is 13.2 Å². The highest BCUT2D eigenvalue weighted by Crippen LogP contribution is 2.49. The molecule has 4 nitrogen and oxygen atoms in total. The molecule has 0 aliphatic carbocycles. The van der Waals surface area contributed by atoms with Gasteiger partial charge in [0.05, 0.1) is 25.0 Å². The number of carbonyl (C=O) groups excluding carboxylic acids is 1. The maximum atomic E-state index is 15.4. The zero-order valence-electron chi connectivity index (χ0n) is 21.5. The van der Waals surface area contributed by atoms with Crippen LogP contribution in [0, 0.1) is 5.82 Å². The molecule has 0 saturated carbocycles. The van der Waals surface area contributed by atoms with Crippen LogP contribution in [0.2, 0.25) is 0 Å². The lowest BCUT2D eigenvalue weighted by Gasteiger charge is -2.41. The summed E-state index contributed by atoms with van der Waals surface area (Å²) in [6.07, 6.45) is 3.44. The number of benzene rings is 3. The van der Waals surface area contributed by atoms with E-state index >= 15 is 4.39 Å². The fourth-order valence-corrected chi connectivity index (χ4v) is 5.30. The van der Waals surface area contributed by atoms with Crippen LogP contribution in [0.4, 0.5) is 4.39 Å². The van der Waals surface area contributed by atoms with Crippen molar-refractivity contribution in [1.82, 2.24) is 4.98 Å². The number of esters is 1. The molecule has 0 radical (unpaired) electrons. The number of ether oxygens (including phenoxy) is 2. The molecule has 1 aromatic heterocycles. The highest BCUT2D eigenvalue weighted by Gasteiger charge is 2.46. The van der Waals surface area contributed by atoms with Crippen LogP contribution in [-0.2, 0) is 21.4 Å². The third-order valence-electron chi connectivity index (χ3n) is 6.92. The minimum atomic E-state index is -0.905. The lowest BCUT2D eigenvalue weighted by atomic mass is 9.62. The van der Waals surface area contributed by atoms with Crippen LogP contribution in [0.25, 0.3) is 0 Å². The van der Waals surface area contributed by atoms with E-state index in [1.807, 2.05) is 67.7 Å². The zero-order chi connectivity index (χ0) is 26.1. The molecule has 3 aromatic carbocycles. The summed E-state index contributed by atoms with van der Waals surface area (Å²) in [5.74, 6) is -0.737. The second-order valence-corrected chi connectivity index (χ2v) is 9.10. The van der Waals surface area contributed by atoms with E-state index in [1.165, 1.54) is 11.6 Å². The first-order valence-corrected chi connectivity index (χ1v) is 12.9. The second kappa shape index (κ2) is 12.4. The molecule has 4 rings (SSSR count). The van der Waals surface area contributed by atoms with Gasteiger partial charge in [0.25, 0.3) is 0 Å². The van der Waals surface area contributed by atoms with Crippen LogP contribution in [-0.4, -0.2) is 24.2 Å². The van der Waals surface area contributed by atoms with Gasteiger partial charge in [0.1, 0.15) is 0 Å². The molecular weight excluding hydrogens is 465 g/mol. The molecule has 4 aromatic rings. The maximum Gasteiger partial charge on any atom is 0.307 e. The molecule has 2 atom stereocenters. The highest BCUT2D eigenvalue weighted by atomic mass is 19.1. The number of halogens is 1. The van der Waals surface area contributed by atoms with Crippen molar-refractivity contribution in [3.05, 3.63) is 125 Å². The Morgan fingerprint density at radius 2 is 1.65 bits per heavy atom. The van der Waals surface area contributed by atoms with Crippen molar-refractivity contribution in [2.45, 2.75) is 44.4 Å². The summed E-state index contributed by atoms with van der Waals surface area (Å²) >= 11 is 0. The van der Waals surface area contributed by atoms with Crippen LogP contribution in [0.5, 0.6) is 5.75 Å². The lowest BCUT2D eigenvalue weighted by Crippen LogP contribution is -2.39. The van der Waals surface area contributed by atoms with E-state index in [0.29, 0.717) is 12.2 Å². The van der Waals surface area contributed by atoms with Crippen LogP contribution in [0.1, 0.15) is 55.0 Å². The zero-order valence-corrected chi connectivity index (χ0v) is 21.5. The number of aromatic amines is 1. The number of aromatic nitrogens is 1. The van der Waals surface area contributed by atoms with Gasteiger partial charge in [0.2, 0.25) is 0 Å². The Morgan fingerprint density at radius 3 is 2.27 bits per heavy atom. The van der Waals surface area contributed by atoms with Crippen molar-refractivity contribution in [3.8, 4) is 5.75 Å². The SMILES string of the molecule is CCOC(=O)CC(c1ccc(OCC)c(F)c1)(c1ccc[nH]1)C(CCc1ccccc1)c1ccccc1. The summed E-state index contributed by atoms with van der Waals surface area (Å²) in [6, 6.07) is 29.4. The standard InChI is InChI=1S/C32H34FNO3/c1-3-36-29-20-18-26(22-28(29)33)32(23-31(35)37-4-2,30-16-11-21-34-30)27(25-14-9-6-10-15-25)19-17-24-12-7-5-8-13-24/h5-16,18,20-22,27,34H,3-4,17,19,23H2,1-2H3. The maximum absolute atomic E-state index is 15.4. The summed E-state index contributed by atoms with van der Waals surface area (Å²) in [6.45, 7) is 4.27. The summed E-state index contributed by atoms with van der Waals surface area (Å²) < 4.78 is 26.3. The Morgan fingerprint density at radius 1 is 0.919 bits per heavy atom. The number of nitrogens with one attached hydrogen (secondary N) is 1. The molecule has 0 amide bonds. The van der Waals surface area contributed by atoms with Gasteiger partial charge in [-0.1, -0.05) is 66.7 Å². The Balaban J connectivity index is 1.93. The van der Waals surface area contributed by atoms with Gasteiger partial charge < -0.3 is 14.5 Å². The van der Waals surface area contributed by atoms with Crippen molar-refractivity contribution in [2.24, 2.45) is 0 Å². The van der Waals surface area contributed by atoms with Gasteiger partial charge in [-0.3, -0.25) is 4.79 Å². The molecule has 0 spiro atoms. The Labute approximate surface area is 218 Å². The first kappa shape index (κ1) is 26.2. The summed E-state index contributed by atoms with van der Waals surface area (Å²) in [4.78, 5) is 16.6. The molecule has 0 aliphatic heterocycles. The number of rotatable bonds is 12. The predicted molar refractivity (Wildman–Crippen MR) is 144 cm³/mol. The number of aryl methyl sites for hydroxylation is 1. The minimum absolute atomic E-state index is 0.0587. The molecule has 192 valence electrons. The molecule has 1 N–H and O–H groups in total. The molecule has 37 heavy (non-hydrogen) atoms. The quantitative estimate of drug-likeness (QED) is 0.210. The molecule has 5 heteroatoms. The highest BCUT2D eigenvalue weighted by molar-refractivity contribution is 5.73. The molecule has 0 fully saturated rings. The van der Waals surface area contributed by atoms with Crippen LogP contribution >= 0.6 is 0 Å². The second-order valence-electron chi connectivity index (χ2n) is 9.10. The number of carbonyl (C=O) groups is 1. The molecule has 2 unspecified atom stereocenters. The predicted octanol–water partition coefficient (Wildman–Crippen LogP) is 7.21. The smallest absolute Gasteiger partial charge is 0.307 e. The van der Waals surface area contributed by atoms with E-state index < -0.39 is 11.2 Å². The topological polar surface area (TPSA) is 51.3 Å². The fourth-order valence-electron chi connectivity index (χ4n) is 5.30. The van der Waals surface area contributed by atoms with Crippen molar-refractivity contribution in [3.63, 3.8) is 0 Å². The van der Waals surface area contributed by atoms with E-state index in [1.54, 1.807) is 13.0 Å². The number of hydrogen-bond acceptors (Lipinski definition) is 3. The summed E-state index contributed by atoms with van der Waals surface area (Å²) in [5, 5.41) is 0. The van der Waals surface area contributed by atoms with E-state index in [-0.39, 0.29) is 30.7 Å². The van der Waals surface area contributed by atoms with E-state index in [0.717, 1.165) is 24.1 Å². The Bertz CT molecular complexity index is 1260. The summed E-state index contributed by atoms with van der Waals surface area (Å²) in [7, 11) is 0. The Kier molecular flexibility index (Phi) is 8.78. The first-order valence-electron chi connectivity index (χ1n) is 12.9. The van der Waals surface area contributed by atoms with E-state index in [2.05, 4.69) is 29.2 Å². The van der Waals surface area contributed by atoms with Gasteiger partial charge in [0.15, 0.2) is 11.6 Å². The van der Waals surface area contributed by atoms with Gasteiger partial charge >= 0.3 is 5.97 Å². The lowest BCUT2D eigenvalue weighted by molar-refractivity contribution is -0.144. The number of H-pyrrole nitrogens is 1. The molecular formula is C32H34FNO3. The normalized spacial score (nSPS) is 13.5. The Hall–Kier alpha value is -3.86. The molecule has 1 heterocycles. The van der Waals surface area contributed by atoms with Gasteiger partial charge in [-0.15, -0.1) is 0 Å². The van der Waals surface area contributed by atoms with Crippen LogP contribution in [0.15, 0.2) is 97.2 Å². The van der Waals surface area contributed by atoms with E-state index in [9.17, 15) is 4.79 Å². The third-order valence-corrected chi connectivity index (χ3v) is 6.92. The summed E-state index contributed by atoms with van der Waals surface area (Å²) in [5.41, 5.74) is 2.92. The average Bonchev–Trinajstić information content (AvgIpc) is 3.46. The van der Waals surface area contributed by atoms with E-state index in [4.69, 9.17) is 9.47 Å². The van der Waals surface area contributed by atoms with Crippen LogP contribution in [0.3, 0.4) is 0 Å². The molecule has 0 aliphatic rings. The number of hydrogen-bond donors (Lipinski definition) is 1. The molecule has 0 bridgehead atoms. The largest absolute Gasteiger partial charge is 0.491 e. The van der Waals surface area contributed by atoms with Crippen molar-refractivity contribution in [1.29, 1.82) is 0 Å². The molecule has 0 saturated heterocycles. The van der Waals surface area contributed by atoms with Gasteiger partial charge in [0, 0.05) is 11.9 Å². The monoisotopic (exact) mass is 499 g/mol. The average molecular weight is 500 g/mol. The van der Waals surface area contributed by atoms with Gasteiger partial charge in [-0.05, 0) is 73.6 Å². The third kappa shape index (κ3) is 5.93. The van der Waals surface area contributed by atoms with Gasteiger partial charge in [-0.25, -0.2) is 4.39 Å². The first-order chi connectivity index (χ1) is 18.1. The fraction of sp³-hybridized carbons (Fsp3) is 0.281. The minimum Gasteiger partial charge on any atom is -0.491 e.